The highest BCUT2D eigenvalue weighted by atomic mass is 15.2. The predicted octanol–water partition coefficient (Wildman–Crippen LogP) is 0.792. The molecule has 2 nitrogen and oxygen atoms in total. The topological polar surface area (TPSA) is 15.3 Å². The fourth-order valence-corrected chi connectivity index (χ4v) is 1.94. The summed E-state index contributed by atoms with van der Waals surface area (Å²) in [5, 5.41) is 3.55. The number of hydrogen-bond donors (Lipinski definition) is 1. The van der Waals surface area contributed by atoms with Gasteiger partial charge in [-0.15, -0.1) is 0 Å². The van der Waals surface area contributed by atoms with Gasteiger partial charge >= 0.3 is 0 Å². The average molecular weight is 140 g/mol. The molecule has 0 spiro atoms. The zero-order valence-corrected chi connectivity index (χ0v) is 6.47. The maximum atomic E-state index is 3.55. The molecule has 0 amide bonds. The van der Waals surface area contributed by atoms with Gasteiger partial charge in [-0.05, 0) is 25.8 Å². The van der Waals surface area contributed by atoms with E-state index in [9.17, 15) is 0 Å². The van der Waals surface area contributed by atoms with E-state index in [-0.39, 0.29) is 0 Å². The summed E-state index contributed by atoms with van der Waals surface area (Å²) in [4.78, 5) is 2.52. The Bertz CT molecular complexity index is 86.3. The average Bonchev–Trinajstić information content (AvgIpc) is 1.89. The third-order valence-corrected chi connectivity index (χ3v) is 2.67. The van der Waals surface area contributed by atoms with E-state index in [1.54, 1.807) is 0 Å². The van der Waals surface area contributed by atoms with Crippen molar-refractivity contribution in [1.82, 2.24) is 10.2 Å². The van der Waals surface area contributed by atoms with Crippen molar-refractivity contribution in [1.29, 1.82) is 0 Å². The van der Waals surface area contributed by atoms with Crippen molar-refractivity contribution in [3.05, 3.63) is 0 Å². The summed E-state index contributed by atoms with van der Waals surface area (Å²) in [7, 11) is 0. The summed E-state index contributed by atoms with van der Waals surface area (Å²) in [6, 6.07) is 0.844. The van der Waals surface area contributed by atoms with Crippen molar-refractivity contribution >= 4 is 0 Å². The molecule has 3 aliphatic rings. The predicted molar refractivity (Wildman–Crippen MR) is 41.8 cm³/mol. The van der Waals surface area contributed by atoms with Gasteiger partial charge in [0.15, 0.2) is 0 Å². The van der Waals surface area contributed by atoms with Gasteiger partial charge in [-0.1, -0.05) is 6.42 Å². The Morgan fingerprint density at radius 2 is 2.10 bits per heavy atom. The van der Waals surface area contributed by atoms with Crippen molar-refractivity contribution in [2.24, 2.45) is 0 Å². The van der Waals surface area contributed by atoms with Crippen LogP contribution in [-0.4, -0.2) is 30.7 Å². The van der Waals surface area contributed by atoms with Crippen LogP contribution in [0, 0.1) is 0 Å². The molecule has 3 rings (SSSR count). The lowest BCUT2D eigenvalue weighted by Crippen LogP contribution is -2.49. The number of fused-ring (bicyclic) bond motifs is 5. The van der Waals surface area contributed by atoms with Crippen molar-refractivity contribution in [2.75, 3.05) is 19.8 Å². The highest BCUT2D eigenvalue weighted by Gasteiger charge is 2.19. The lowest BCUT2D eigenvalue weighted by atomic mass is 10.0. The summed E-state index contributed by atoms with van der Waals surface area (Å²) in [6.45, 7) is 3.79. The largest absolute Gasteiger partial charge is 0.301 e. The molecule has 0 aromatic rings. The Morgan fingerprint density at radius 3 is 2.90 bits per heavy atom. The summed E-state index contributed by atoms with van der Waals surface area (Å²) < 4.78 is 0. The first kappa shape index (κ1) is 6.62. The molecule has 0 aliphatic carbocycles. The van der Waals surface area contributed by atoms with Gasteiger partial charge in [-0.3, -0.25) is 4.90 Å². The molecule has 10 heavy (non-hydrogen) atoms. The summed E-state index contributed by atoms with van der Waals surface area (Å²) in [6.07, 6.45) is 5.63. The van der Waals surface area contributed by atoms with Crippen molar-refractivity contribution < 1.29 is 0 Å². The Balaban J connectivity index is 1.94. The lowest BCUT2D eigenvalue weighted by molar-refractivity contribution is 0.154. The molecule has 3 fully saturated rings. The van der Waals surface area contributed by atoms with Crippen molar-refractivity contribution in [2.45, 2.75) is 31.7 Å². The normalized spacial score (nSPS) is 40.8. The molecular formula is C8H16N2. The van der Waals surface area contributed by atoms with Crippen molar-refractivity contribution in [3.63, 3.8) is 0 Å². The first-order valence-electron chi connectivity index (χ1n) is 4.41. The highest BCUT2D eigenvalue weighted by Crippen LogP contribution is 2.14. The second-order valence-corrected chi connectivity index (χ2v) is 3.46. The summed E-state index contributed by atoms with van der Waals surface area (Å²) in [5.74, 6) is 0. The van der Waals surface area contributed by atoms with Gasteiger partial charge in [0.25, 0.3) is 0 Å². The number of nitrogens with zero attached hydrogens (tertiary/aromatic N) is 1. The van der Waals surface area contributed by atoms with Gasteiger partial charge in [-0.2, -0.15) is 0 Å². The molecule has 0 saturated carbocycles. The van der Waals surface area contributed by atoms with Crippen LogP contribution in [-0.2, 0) is 0 Å². The fourth-order valence-electron chi connectivity index (χ4n) is 1.94. The molecule has 3 aliphatic heterocycles. The highest BCUT2D eigenvalue weighted by molar-refractivity contribution is 4.77. The molecule has 0 radical (unpaired) electrons. The molecule has 2 atom stereocenters. The lowest BCUT2D eigenvalue weighted by Gasteiger charge is -2.35. The van der Waals surface area contributed by atoms with E-state index in [4.69, 9.17) is 0 Å². The van der Waals surface area contributed by atoms with Crippen LogP contribution >= 0.6 is 0 Å². The first-order valence-corrected chi connectivity index (χ1v) is 4.41. The van der Waals surface area contributed by atoms with Crippen LogP contribution in [0.4, 0.5) is 0 Å². The minimum Gasteiger partial charge on any atom is -0.301 e. The van der Waals surface area contributed by atoms with E-state index < -0.39 is 0 Å². The summed E-state index contributed by atoms with van der Waals surface area (Å²) in [5.41, 5.74) is 0. The Morgan fingerprint density at radius 1 is 1.10 bits per heavy atom. The number of hydrogen-bond acceptors (Lipinski definition) is 2. The number of nitrogens with one attached hydrogen (secondary N) is 1. The van der Waals surface area contributed by atoms with E-state index >= 15 is 0 Å². The molecule has 2 heteroatoms. The van der Waals surface area contributed by atoms with Gasteiger partial charge in [0.1, 0.15) is 0 Å². The molecule has 2 unspecified atom stereocenters. The number of rotatable bonds is 0. The maximum absolute atomic E-state index is 3.55. The van der Waals surface area contributed by atoms with E-state index in [2.05, 4.69) is 10.2 Å². The van der Waals surface area contributed by atoms with Crippen LogP contribution in [0.25, 0.3) is 0 Å². The first-order chi connectivity index (χ1) is 4.95. The van der Waals surface area contributed by atoms with Gasteiger partial charge in [0.2, 0.25) is 0 Å². The van der Waals surface area contributed by atoms with Gasteiger partial charge in [-0.25, -0.2) is 0 Å². The minimum atomic E-state index is 0.844. The molecule has 0 aromatic heterocycles. The fraction of sp³-hybridized carbons (Fsp3) is 1.00. The standard InChI is InChI=1S/C8H16N2/c1-2-5-10-6-4-8(3-1)9-7-10/h8-9H,1-7H2. The SMILES string of the molecule is C1CCN2CCC(C1)NC2. The van der Waals surface area contributed by atoms with Gasteiger partial charge < -0.3 is 5.32 Å². The van der Waals surface area contributed by atoms with Crippen LogP contribution in [0.2, 0.25) is 0 Å². The summed E-state index contributed by atoms with van der Waals surface area (Å²) >= 11 is 0. The van der Waals surface area contributed by atoms with Crippen LogP contribution in [0.3, 0.4) is 0 Å². The Kier molecular flexibility index (Phi) is 1.91. The second kappa shape index (κ2) is 2.89. The van der Waals surface area contributed by atoms with Crippen LogP contribution in [0.15, 0.2) is 0 Å². The quantitative estimate of drug-likeness (QED) is 0.535. The Hall–Kier alpha value is -0.0800. The third kappa shape index (κ3) is 1.32. The monoisotopic (exact) mass is 140 g/mol. The van der Waals surface area contributed by atoms with Crippen LogP contribution < -0.4 is 5.32 Å². The molecule has 58 valence electrons. The van der Waals surface area contributed by atoms with E-state index in [0.29, 0.717) is 0 Å². The molecule has 0 aromatic carbocycles. The maximum Gasteiger partial charge on any atom is 0.0482 e. The molecule has 1 N–H and O–H groups in total. The minimum absolute atomic E-state index is 0.844. The smallest absolute Gasteiger partial charge is 0.0482 e. The van der Waals surface area contributed by atoms with Gasteiger partial charge in [0.05, 0.1) is 0 Å². The third-order valence-electron chi connectivity index (χ3n) is 2.67. The van der Waals surface area contributed by atoms with Crippen LogP contribution in [0.1, 0.15) is 25.7 Å². The zero-order valence-electron chi connectivity index (χ0n) is 6.47. The molecule has 3 saturated heterocycles. The molecular weight excluding hydrogens is 124 g/mol. The molecule has 3 heterocycles. The van der Waals surface area contributed by atoms with E-state index in [1.165, 1.54) is 38.8 Å². The van der Waals surface area contributed by atoms with E-state index in [0.717, 1.165) is 12.7 Å². The van der Waals surface area contributed by atoms with Crippen LogP contribution in [0.5, 0.6) is 0 Å². The zero-order chi connectivity index (χ0) is 6.81. The molecule has 2 bridgehead atoms. The van der Waals surface area contributed by atoms with Crippen molar-refractivity contribution in [3.8, 4) is 0 Å². The van der Waals surface area contributed by atoms with Gasteiger partial charge in [0, 0.05) is 19.3 Å². The van der Waals surface area contributed by atoms with E-state index in [1.807, 2.05) is 0 Å². The Labute approximate surface area is 62.6 Å². The second-order valence-electron chi connectivity index (χ2n) is 3.46.